The maximum atomic E-state index is 13.5. The predicted octanol–water partition coefficient (Wildman–Crippen LogP) is 2.60. The third-order valence-electron chi connectivity index (χ3n) is 5.00. The van der Waals surface area contributed by atoms with E-state index in [1.54, 1.807) is 60.7 Å². The zero-order valence-corrected chi connectivity index (χ0v) is 21.3. The Bertz CT molecular complexity index is 1340. The number of ether oxygens (including phenoxy) is 2. The summed E-state index contributed by atoms with van der Waals surface area (Å²) in [5.74, 6) is -0.221. The number of anilines is 1. The predicted molar refractivity (Wildman–Crippen MR) is 140 cm³/mol. The molecule has 2 amide bonds. The Kier molecular flexibility index (Phi) is 9.22. The summed E-state index contributed by atoms with van der Waals surface area (Å²) in [6.45, 7) is 3.44. The molecule has 0 unspecified atom stereocenters. The molecule has 0 aromatic heterocycles. The van der Waals surface area contributed by atoms with E-state index in [1.165, 1.54) is 18.3 Å². The minimum Gasteiger partial charge on any atom is -0.494 e. The van der Waals surface area contributed by atoms with Crippen molar-refractivity contribution in [2.45, 2.75) is 18.7 Å². The monoisotopic (exact) mass is 524 g/mol. The van der Waals surface area contributed by atoms with Crippen LogP contribution in [0.2, 0.25) is 0 Å². The molecule has 11 heteroatoms. The van der Waals surface area contributed by atoms with Crippen LogP contribution in [0.5, 0.6) is 11.5 Å². The molecule has 3 aromatic carbocycles. The van der Waals surface area contributed by atoms with Crippen molar-refractivity contribution in [1.29, 1.82) is 0 Å². The van der Waals surface area contributed by atoms with Crippen molar-refractivity contribution >= 4 is 33.7 Å². The van der Waals surface area contributed by atoms with E-state index in [1.807, 2.05) is 13.8 Å². The molecule has 0 fully saturated rings. The number of sulfonamides is 1. The average Bonchev–Trinajstić information content (AvgIpc) is 2.88. The van der Waals surface area contributed by atoms with Gasteiger partial charge in [-0.2, -0.15) is 5.10 Å². The number of rotatable bonds is 12. The van der Waals surface area contributed by atoms with Crippen LogP contribution in [-0.2, 0) is 19.6 Å². The minimum absolute atomic E-state index is 0.0199. The average molecular weight is 525 g/mol. The van der Waals surface area contributed by atoms with Gasteiger partial charge in [0.2, 0.25) is 0 Å². The third-order valence-corrected chi connectivity index (χ3v) is 6.78. The number of hydrogen-bond acceptors (Lipinski definition) is 7. The number of hydrogen-bond donors (Lipinski definition) is 2. The molecule has 3 N–H and O–H groups in total. The fourth-order valence-corrected chi connectivity index (χ4v) is 4.60. The standard InChI is InChI=1S/C26H28N4O6S/c1-3-35-22-12-14-24(15-13-22)37(33,34)30(21-8-4-19(2)5-9-21)17-26(32)29-28-16-20-6-10-23(11-7-20)36-18-25(27)31/h4-16H,3,17-18H2,1-2H3,(H2,27,31)(H,29,32)/b28-16-. The molecule has 0 aliphatic rings. The van der Waals surface area contributed by atoms with Crippen LogP contribution in [0.1, 0.15) is 18.1 Å². The summed E-state index contributed by atoms with van der Waals surface area (Å²) in [4.78, 5) is 23.5. The van der Waals surface area contributed by atoms with Crippen LogP contribution >= 0.6 is 0 Å². The first kappa shape index (κ1) is 27.2. The number of nitrogens with two attached hydrogens (primary N) is 1. The van der Waals surface area contributed by atoms with E-state index in [0.717, 1.165) is 9.87 Å². The Balaban J connectivity index is 1.73. The zero-order chi connectivity index (χ0) is 26.8. The summed E-state index contributed by atoms with van der Waals surface area (Å²) >= 11 is 0. The third kappa shape index (κ3) is 7.80. The Morgan fingerprint density at radius 1 is 0.946 bits per heavy atom. The fourth-order valence-electron chi connectivity index (χ4n) is 3.18. The van der Waals surface area contributed by atoms with E-state index in [4.69, 9.17) is 15.2 Å². The number of hydrazone groups is 1. The lowest BCUT2D eigenvalue weighted by atomic mass is 10.2. The van der Waals surface area contributed by atoms with Crippen LogP contribution in [0, 0.1) is 6.92 Å². The summed E-state index contributed by atoms with van der Waals surface area (Å²) < 4.78 is 38.5. The largest absolute Gasteiger partial charge is 0.494 e. The lowest BCUT2D eigenvalue weighted by Gasteiger charge is -2.24. The van der Waals surface area contributed by atoms with Gasteiger partial charge in [-0.05, 0) is 80.1 Å². The molecule has 0 aliphatic carbocycles. The van der Waals surface area contributed by atoms with E-state index in [9.17, 15) is 18.0 Å². The molecule has 0 aliphatic heterocycles. The number of primary amides is 1. The molecule has 194 valence electrons. The van der Waals surface area contributed by atoms with Crippen molar-refractivity contribution in [2.75, 3.05) is 24.1 Å². The normalized spacial score (nSPS) is 11.2. The van der Waals surface area contributed by atoms with Gasteiger partial charge >= 0.3 is 0 Å². The second-order valence-corrected chi connectivity index (χ2v) is 9.73. The van der Waals surface area contributed by atoms with Crippen LogP contribution in [0.3, 0.4) is 0 Å². The smallest absolute Gasteiger partial charge is 0.264 e. The number of carbonyl (C=O) groups is 2. The van der Waals surface area contributed by atoms with E-state index in [-0.39, 0.29) is 11.5 Å². The summed E-state index contributed by atoms with van der Waals surface area (Å²) in [7, 11) is -4.07. The topological polar surface area (TPSA) is 140 Å². The number of nitrogens with zero attached hydrogens (tertiary/aromatic N) is 2. The number of carbonyl (C=O) groups excluding carboxylic acids is 2. The second kappa shape index (κ2) is 12.5. The van der Waals surface area contributed by atoms with Gasteiger partial charge in [-0.3, -0.25) is 13.9 Å². The maximum absolute atomic E-state index is 13.5. The molecule has 0 bridgehead atoms. The maximum Gasteiger partial charge on any atom is 0.264 e. The fraction of sp³-hybridized carbons (Fsp3) is 0.192. The van der Waals surface area contributed by atoms with Crippen LogP contribution < -0.4 is 24.9 Å². The Hall–Kier alpha value is -4.38. The van der Waals surface area contributed by atoms with Crippen molar-refractivity contribution in [3.05, 3.63) is 83.9 Å². The van der Waals surface area contributed by atoms with E-state index in [0.29, 0.717) is 29.4 Å². The van der Waals surface area contributed by atoms with Crippen molar-refractivity contribution in [3.63, 3.8) is 0 Å². The Morgan fingerprint density at radius 3 is 2.14 bits per heavy atom. The van der Waals surface area contributed by atoms with Gasteiger partial charge < -0.3 is 15.2 Å². The SMILES string of the molecule is CCOc1ccc(S(=O)(=O)N(CC(=O)N/N=C\c2ccc(OCC(N)=O)cc2)c2ccc(C)cc2)cc1. The molecular weight excluding hydrogens is 496 g/mol. The molecule has 0 heterocycles. The van der Waals surface area contributed by atoms with Crippen LogP contribution in [0.4, 0.5) is 5.69 Å². The highest BCUT2D eigenvalue weighted by Crippen LogP contribution is 2.25. The first-order valence-electron chi connectivity index (χ1n) is 11.3. The molecular formula is C26H28N4O6S. The van der Waals surface area contributed by atoms with Gasteiger partial charge in [0, 0.05) is 0 Å². The molecule has 37 heavy (non-hydrogen) atoms. The van der Waals surface area contributed by atoms with Crippen LogP contribution in [0.25, 0.3) is 0 Å². The highest BCUT2D eigenvalue weighted by atomic mass is 32.2. The molecule has 3 rings (SSSR count). The summed E-state index contributed by atoms with van der Waals surface area (Å²) in [5.41, 5.74) is 9.33. The van der Waals surface area contributed by atoms with Crippen LogP contribution in [-0.4, -0.2) is 46.2 Å². The van der Waals surface area contributed by atoms with Crippen molar-refractivity contribution in [3.8, 4) is 11.5 Å². The highest BCUT2D eigenvalue weighted by molar-refractivity contribution is 7.92. The summed E-state index contributed by atoms with van der Waals surface area (Å²) in [6.07, 6.45) is 1.40. The first-order valence-corrected chi connectivity index (χ1v) is 12.8. The van der Waals surface area contributed by atoms with Gasteiger partial charge in [0.15, 0.2) is 6.61 Å². The first-order chi connectivity index (χ1) is 17.7. The van der Waals surface area contributed by atoms with Gasteiger partial charge in [0.05, 0.1) is 23.4 Å². The molecule has 0 radical (unpaired) electrons. The molecule has 10 nitrogen and oxygen atoms in total. The van der Waals surface area contributed by atoms with Gasteiger partial charge in [0.1, 0.15) is 18.0 Å². The molecule has 0 saturated heterocycles. The second-order valence-electron chi connectivity index (χ2n) is 7.87. The zero-order valence-electron chi connectivity index (χ0n) is 20.5. The van der Waals surface area contributed by atoms with Gasteiger partial charge in [-0.1, -0.05) is 17.7 Å². The number of nitrogens with one attached hydrogen (secondary N) is 1. The van der Waals surface area contributed by atoms with Crippen LogP contribution in [0.15, 0.2) is 82.8 Å². The lowest BCUT2D eigenvalue weighted by molar-refractivity contribution is -0.120. The van der Waals surface area contributed by atoms with Gasteiger partial charge in [-0.15, -0.1) is 0 Å². The number of amides is 2. The minimum atomic E-state index is -4.07. The van der Waals surface area contributed by atoms with E-state index < -0.39 is 28.4 Å². The van der Waals surface area contributed by atoms with Crippen molar-refractivity contribution < 1.29 is 27.5 Å². The van der Waals surface area contributed by atoms with Gasteiger partial charge in [-0.25, -0.2) is 13.8 Å². The summed E-state index contributed by atoms with van der Waals surface area (Å²) in [6, 6.07) is 19.4. The summed E-state index contributed by atoms with van der Waals surface area (Å²) in [5, 5.41) is 3.92. The van der Waals surface area contributed by atoms with Crippen molar-refractivity contribution in [1.82, 2.24) is 5.43 Å². The van der Waals surface area contributed by atoms with E-state index >= 15 is 0 Å². The number of benzene rings is 3. The molecule has 0 saturated carbocycles. The molecule has 3 aromatic rings. The Labute approximate surface area is 215 Å². The molecule has 0 atom stereocenters. The van der Waals surface area contributed by atoms with E-state index in [2.05, 4.69) is 10.5 Å². The highest BCUT2D eigenvalue weighted by Gasteiger charge is 2.27. The lowest BCUT2D eigenvalue weighted by Crippen LogP contribution is -2.39. The Morgan fingerprint density at radius 2 is 1.54 bits per heavy atom. The number of aryl methyl sites for hydroxylation is 1. The van der Waals surface area contributed by atoms with Crippen molar-refractivity contribution in [2.24, 2.45) is 10.8 Å². The quantitative estimate of drug-likeness (QED) is 0.276. The van der Waals surface area contributed by atoms with Gasteiger partial charge in [0.25, 0.3) is 21.8 Å². The molecule has 0 spiro atoms.